The molecule has 0 unspecified atom stereocenters. The van der Waals surface area contributed by atoms with E-state index in [-0.39, 0.29) is 12.3 Å². The topological polar surface area (TPSA) is 51.1 Å². The number of benzene rings is 1. The van der Waals surface area contributed by atoms with Gasteiger partial charge in [0.05, 0.1) is 17.8 Å². The molecule has 0 aliphatic carbocycles. The van der Waals surface area contributed by atoms with Crippen LogP contribution in [-0.2, 0) is 14.3 Å². The van der Waals surface area contributed by atoms with Crippen molar-refractivity contribution in [1.29, 1.82) is 0 Å². The van der Waals surface area contributed by atoms with Crippen LogP contribution >= 0.6 is 0 Å². The first-order valence-corrected chi connectivity index (χ1v) is 6.85. The Hall–Kier alpha value is -1.72. The number of carbonyl (C=O) groups excluding carboxylic acids is 1. The zero-order valence-corrected chi connectivity index (χ0v) is 12.1. The van der Waals surface area contributed by atoms with Crippen molar-refractivity contribution in [1.82, 2.24) is 0 Å². The molecule has 0 fully saturated rings. The molecule has 0 saturated heterocycles. The summed E-state index contributed by atoms with van der Waals surface area (Å²) in [6.45, 7) is 6.55. The highest BCUT2D eigenvalue weighted by atomic mass is 16.7. The van der Waals surface area contributed by atoms with Crippen LogP contribution in [0.3, 0.4) is 0 Å². The minimum atomic E-state index is -0.709. The third-order valence-corrected chi connectivity index (χ3v) is 2.96. The summed E-state index contributed by atoms with van der Waals surface area (Å²) < 4.78 is 11.1. The molecule has 5 heteroatoms. The van der Waals surface area contributed by atoms with Gasteiger partial charge in [-0.05, 0) is 32.9 Å². The first-order chi connectivity index (χ1) is 9.67. The molecule has 0 N–H and O–H groups in total. The second-order valence-corrected chi connectivity index (χ2v) is 4.49. The van der Waals surface area contributed by atoms with E-state index in [9.17, 15) is 4.79 Å². The maximum atomic E-state index is 12.5. The van der Waals surface area contributed by atoms with Gasteiger partial charge < -0.3 is 9.47 Å². The number of amides is 1. The number of ether oxygens (including phenoxy) is 2. The number of carbonyl (C=O) groups is 1. The number of para-hydroxylation sites is 2. The van der Waals surface area contributed by atoms with Crippen LogP contribution < -0.4 is 4.90 Å². The Morgan fingerprint density at radius 1 is 1.25 bits per heavy atom. The van der Waals surface area contributed by atoms with E-state index in [1.165, 1.54) is 0 Å². The molecule has 1 heterocycles. The van der Waals surface area contributed by atoms with Crippen molar-refractivity contribution in [2.45, 2.75) is 33.6 Å². The van der Waals surface area contributed by atoms with Crippen LogP contribution in [-0.4, -0.2) is 31.2 Å². The lowest BCUT2D eigenvalue weighted by atomic mass is 10.2. The largest absolute Gasteiger partial charge is 0.335 e. The lowest BCUT2D eigenvalue weighted by Gasteiger charge is -2.30. The lowest BCUT2D eigenvalue weighted by molar-refractivity contribution is -0.149. The molecule has 0 saturated carbocycles. The predicted molar refractivity (Wildman–Crippen MR) is 78.4 cm³/mol. The lowest BCUT2D eigenvalue weighted by Crippen LogP contribution is -2.44. The third-order valence-electron chi connectivity index (χ3n) is 2.96. The van der Waals surface area contributed by atoms with Crippen LogP contribution in [0.2, 0.25) is 0 Å². The first-order valence-electron chi connectivity index (χ1n) is 6.85. The number of aliphatic imine (C=N–C) groups is 1. The van der Waals surface area contributed by atoms with Crippen molar-refractivity contribution in [2.24, 2.45) is 4.99 Å². The fraction of sp³-hybridized carbons (Fsp3) is 0.467. The van der Waals surface area contributed by atoms with E-state index < -0.39 is 6.41 Å². The normalized spacial score (nSPS) is 15.1. The van der Waals surface area contributed by atoms with Crippen LogP contribution in [0.15, 0.2) is 29.3 Å². The molecule has 0 bridgehead atoms. The van der Waals surface area contributed by atoms with E-state index in [1.807, 2.05) is 45.0 Å². The quantitative estimate of drug-likeness (QED) is 0.777. The molecule has 2 rings (SSSR count). The zero-order valence-electron chi connectivity index (χ0n) is 12.1. The Bertz CT molecular complexity index is 508. The van der Waals surface area contributed by atoms with E-state index in [4.69, 9.17) is 9.47 Å². The molecule has 0 radical (unpaired) electrons. The Balaban J connectivity index is 2.43. The number of hydrogen-bond acceptors (Lipinski definition) is 4. The second kappa shape index (κ2) is 6.63. The maximum Gasteiger partial charge on any atom is 0.247 e. The first kappa shape index (κ1) is 14.7. The van der Waals surface area contributed by atoms with Gasteiger partial charge in [0, 0.05) is 18.9 Å². The highest BCUT2D eigenvalue weighted by Crippen LogP contribution is 2.33. The second-order valence-electron chi connectivity index (χ2n) is 4.49. The molecule has 0 aromatic heterocycles. The number of nitrogens with zero attached hydrogens (tertiary/aromatic N) is 2. The number of fused-ring (bicyclic) bond motifs is 1. The van der Waals surface area contributed by atoms with Crippen molar-refractivity contribution in [2.75, 3.05) is 18.1 Å². The smallest absolute Gasteiger partial charge is 0.247 e. The standard InChI is InChI=1S/C15H20N2O3/c1-4-19-15(20-5-2)17-13-9-7-6-8-12(13)16-11(3)10-14(17)18/h6-9,15H,4-5,10H2,1-3H3. The number of anilines is 1. The van der Waals surface area contributed by atoms with Gasteiger partial charge in [-0.3, -0.25) is 14.7 Å². The summed E-state index contributed by atoms with van der Waals surface area (Å²) >= 11 is 0. The van der Waals surface area contributed by atoms with Crippen LogP contribution in [0.25, 0.3) is 0 Å². The summed E-state index contributed by atoms with van der Waals surface area (Å²) in [7, 11) is 0. The van der Waals surface area contributed by atoms with Crippen LogP contribution in [0, 0.1) is 0 Å². The van der Waals surface area contributed by atoms with Crippen molar-refractivity contribution >= 4 is 23.0 Å². The Kier molecular flexibility index (Phi) is 4.87. The molecule has 108 valence electrons. The van der Waals surface area contributed by atoms with Gasteiger partial charge in [-0.2, -0.15) is 0 Å². The van der Waals surface area contributed by atoms with Crippen molar-refractivity contribution in [3.05, 3.63) is 24.3 Å². The van der Waals surface area contributed by atoms with Gasteiger partial charge in [-0.15, -0.1) is 0 Å². The van der Waals surface area contributed by atoms with Crippen LogP contribution in [0.4, 0.5) is 11.4 Å². The van der Waals surface area contributed by atoms with Gasteiger partial charge in [-0.1, -0.05) is 12.1 Å². The molecular formula is C15H20N2O3. The highest BCUT2D eigenvalue weighted by Gasteiger charge is 2.30. The monoisotopic (exact) mass is 276 g/mol. The third kappa shape index (κ3) is 3.05. The Morgan fingerprint density at radius 2 is 1.90 bits per heavy atom. The summed E-state index contributed by atoms with van der Waals surface area (Å²) in [6.07, 6.45) is -0.439. The minimum absolute atomic E-state index is 0.0666. The average Bonchev–Trinajstić information content (AvgIpc) is 2.53. The molecular weight excluding hydrogens is 256 g/mol. The number of rotatable bonds is 5. The van der Waals surface area contributed by atoms with E-state index in [0.717, 1.165) is 17.1 Å². The van der Waals surface area contributed by atoms with Gasteiger partial charge in [-0.25, -0.2) is 0 Å². The summed E-state index contributed by atoms with van der Waals surface area (Å²) in [5.74, 6) is -0.0666. The van der Waals surface area contributed by atoms with E-state index in [2.05, 4.69) is 4.99 Å². The predicted octanol–water partition coefficient (Wildman–Crippen LogP) is 2.87. The molecule has 20 heavy (non-hydrogen) atoms. The van der Waals surface area contributed by atoms with Crippen LogP contribution in [0.5, 0.6) is 0 Å². The van der Waals surface area contributed by atoms with E-state index in [0.29, 0.717) is 13.2 Å². The summed E-state index contributed by atoms with van der Waals surface area (Å²) in [5.41, 5.74) is 2.28. The Labute approximate surface area is 119 Å². The van der Waals surface area contributed by atoms with Crippen molar-refractivity contribution < 1.29 is 14.3 Å². The Morgan fingerprint density at radius 3 is 2.55 bits per heavy atom. The van der Waals surface area contributed by atoms with Gasteiger partial charge in [0.25, 0.3) is 0 Å². The minimum Gasteiger partial charge on any atom is -0.335 e. The summed E-state index contributed by atoms with van der Waals surface area (Å²) in [6, 6.07) is 7.53. The summed E-state index contributed by atoms with van der Waals surface area (Å²) in [5, 5.41) is 0. The number of hydrogen-bond donors (Lipinski definition) is 0. The van der Waals surface area contributed by atoms with E-state index >= 15 is 0 Å². The van der Waals surface area contributed by atoms with Crippen LogP contribution in [0.1, 0.15) is 27.2 Å². The molecule has 1 aromatic carbocycles. The van der Waals surface area contributed by atoms with Gasteiger partial charge in [0.15, 0.2) is 0 Å². The SMILES string of the molecule is CCOC(OCC)N1C(=O)CC(C)=Nc2ccccc21. The molecule has 1 aliphatic heterocycles. The van der Waals surface area contributed by atoms with Crippen molar-refractivity contribution in [3.63, 3.8) is 0 Å². The molecule has 0 atom stereocenters. The molecule has 5 nitrogen and oxygen atoms in total. The zero-order chi connectivity index (χ0) is 14.5. The maximum absolute atomic E-state index is 12.5. The summed E-state index contributed by atoms with van der Waals surface area (Å²) in [4.78, 5) is 18.5. The van der Waals surface area contributed by atoms with Crippen molar-refractivity contribution in [3.8, 4) is 0 Å². The molecule has 0 spiro atoms. The fourth-order valence-electron chi connectivity index (χ4n) is 2.16. The highest BCUT2D eigenvalue weighted by molar-refractivity contribution is 6.11. The molecule has 1 aliphatic rings. The molecule has 1 amide bonds. The van der Waals surface area contributed by atoms with E-state index in [1.54, 1.807) is 4.90 Å². The van der Waals surface area contributed by atoms with Gasteiger partial charge in [0.1, 0.15) is 0 Å². The average molecular weight is 276 g/mol. The molecule has 1 aromatic rings. The van der Waals surface area contributed by atoms with Gasteiger partial charge >= 0.3 is 0 Å². The fourth-order valence-corrected chi connectivity index (χ4v) is 2.16. The van der Waals surface area contributed by atoms with Gasteiger partial charge in [0.2, 0.25) is 12.3 Å².